The molecule has 0 amide bonds. The second kappa shape index (κ2) is 11.1. The smallest absolute Gasteiger partial charge is 0.302 e. The Hall–Kier alpha value is -1.65. The Bertz CT molecular complexity index is 668. The molecular weight excluding hydrogens is 360 g/mol. The number of hydrogen-bond acceptors (Lipinski definition) is 4. The van der Waals surface area contributed by atoms with Crippen LogP contribution >= 0.6 is 23.5 Å². The van der Waals surface area contributed by atoms with Crippen molar-refractivity contribution in [1.29, 1.82) is 0 Å². The molecule has 2 aromatic rings. The molecular formula is C22H26O2S2. The molecule has 2 rings (SSSR count). The molecule has 0 heterocycles. The molecule has 0 N–H and O–H groups in total. The molecule has 1 atom stereocenters. The van der Waals surface area contributed by atoms with Gasteiger partial charge in [0.2, 0.25) is 0 Å². The van der Waals surface area contributed by atoms with Crippen LogP contribution in [-0.2, 0) is 9.53 Å². The monoisotopic (exact) mass is 386 g/mol. The number of hydrogen-bond donors (Lipinski definition) is 0. The van der Waals surface area contributed by atoms with E-state index in [1.54, 1.807) is 23.5 Å². The molecule has 138 valence electrons. The lowest BCUT2D eigenvalue weighted by Gasteiger charge is -2.19. The molecule has 0 aliphatic rings. The minimum Gasteiger partial charge on any atom is -0.462 e. The summed E-state index contributed by atoms with van der Waals surface area (Å²) in [4.78, 5) is 13.8. The van der Waals surface area contributed by atoms with Gasteiger partial charge in [0.15, 0.2) is 0 Å². The van der Waals surface area contributed by atoms with Gasteiger partial charge in [-0.25, -0.2) is 0 Å². The predicted octanol–water partition coefficient (Wildman–Crippen LogP) is 6.92. The quantitative estimate of drug-likeness (QED) is 0.345. The molecule has 2 nitrogen and oxygen atoms in total. The number of esters is 1. The molecule has 2 aromatic carbocycles. The fraction of sp³-hybridized carbons (Fsp3) is 0.318. The van der Waals surface area contributed by atoms with E-state index >= 15 is 0 Å². The Kier molecular flexibility index (Phi) is 8.86. The third-order valence-corrected chi connectivity index (χ3v) is 6.32. The number of ether oxygens (including phenoxy) is 1. The lowest BCUT2D eigenvalue weighted by atomic mass is 10.1. The number of benzene rings is 2. The van der Waals surface area contributed by atoms with Crippen LogP contribution in [0.15, 0.2) is 80.3 Å². The maximum Gasteiger partial charge on any atom is 0.302 e. The normalized spacial score (nSPS) is 11.7. The number of carbonyl (C=O) groups excluding carboxylic acids is 1. The molecule has 0 aromatic heterocycles. The van der Waals surface area contributed by atoms with E-state index in [0.29, 0.717) is 0 Å². The molecule has 0 aliphatic heterocycles. The summed E-state index contributed by atoms with van der Waals surface area (Å²) in [7, 11) is 0. The highest BCUT2D eigenvalue weighted by atomic mass is 32.2. The van der Waals surface area contributed by atoms with E-state index in [-0.39, 0.29) is 12.1 Å². The van der Waals surface area contributed by atoms with Gasteiger partial charge >= 0.3 is 5.97 Å². The van der Waals surface area contributed by atoms with E-state index in [4.69, 9.17) is 4.74 Å². The fourth-order valence-corrected chi connectivity index (χ4v) is 4.84. The van der Waals surface area contributed by atoms with E-state index in [2.05, 4.69) is 62.4 Å². The number of rotatable bonds is 9. The van der Waals surface area contributed by atoms with E-state index in [0.717, 1.165) is 19.3 Å². The first-order valence-corrected chi connectivity index (χ1v) is 10.5. The Morgan fingerprint density at radius 1 is 0.923 bits per heavy atom. The lowest BCUT2D eigenvalue weighted by molar-refractivity contribution is -0.146. The Balaban J connectivity index is 2.23. The molecule has 0 aliphatic carbocycles. The summed E-state index contributed by atoms with van der Waals surface area (Å²) in [6.07, 6.45) is 2.59. The van der Waals surface area contributed by atoms with Crippen LogP contribution in [0, 0.1) is 0 Å². The highest BCUT2D eigenvalue weighted by molar-refractivity contribution is 8.22. The van der Waals surface area contributed by atoms with Crippen LogP contribution in [-0.4, -0.2) is 12.1 Å². The highest BCUT2D eigenvalue weighted by Gasteiger charge is 2.16. The Labute approximate surface area is 165 Å². The zero-order valence-electron chi connectivity index (χ0n) is 15.6. The van der Waals surface area contributed by atoms with E-state index in [1.165, 1.54) is 26.5 Å². The van der Waals surface area contributed by atoms with Crippen LogP contribution < -0.4 is 0 Å². The summed E-state index contributed by atoms with van der Waals surface area (Å²) in [5.41, 5.74) is 1.26. The van der Waals surface area contributed by atoms with Crippen molar-refractivity contribution in [2.75, 3.05) is 0 Å². The molecule has 0 saturated carbocycles. The van der Waals surface area contributed by atoms with E-state index < -0.39 is 0 Å². The summed E-state index contributed by atoms with van der Waals surface area (Å²) in [5, 5.41) is 0. The maximum atomic E-state index is 11.4. The van der Waals surface area contributed by atoms with Crippen LogP contribution in [0.2, 0.25) is 0 Å². The summed E-state index contributed by atoms with van der Waals surface area (Å²) in [5.74, 6) is -0.204. The lowest BCUT2D eigenvalue weighted by Crippen LogP contribution is -2.16. The molecule has 0 fully saturated rings. The van der Waals surface area contributed by atoms with Crippen LogP contribution in [0.1, 0.15) is 40.0 Å². The van der Waals surface area contributed by atoms with E-state index in [9.17, 15) is 4.79 Å². The van der Waals surface area contributed by atoms with Crippen molar-refractivity contribution >= 4 is 29.5 Å². The zero-order chi connectivity index (χ0) is 18.8. The van der Waals surface area contributed by atoms with Gasteiger partial charge in [0, 0.05) is 27.4 Å². The third kappa shape index (κ3) is 7.30. The van der Waals surface area contributed by atoms with Gasteiger partial charge in [0.25, 0.3) is 0 Å². The van der Waals surface area contributed by atoms with Crippen molar-refractivity contribution in [3.05, 3.63) is 70.5 Å². The van der Waals surface area contributed by atoms with Gasteiger partial charge in [-0.3, -0.25) is 4.79 Å². The minimum atomic E-state index is -0.204. The second-order valence-electron chi connectivity index (χ2n) is 6.12. The van der Waals surface area contributed by atoms with Gasteiger partial charge in [0.05, 0.1) is 0 Å². The molecule has 0 radical (unpaired) electrons. The van der Waals surface area contributed by atoms with Gasteiger partial charge in [0.1, 0.15) is 6.10 Å². The third-order valence-electron chi connectivity index (χ3n) is 3.73. The minimum absolute atomic E-state index is 0.0553. The second-order valence-corrected chi connectivity index (χ2v) is 8.55. The molecule has 26 heavy (non-hydrogen) atoms. The predicted molar refractivity (Wildman–Crippen MR) is 112 cm³/mol. The van der Waals surface area contributed by atoms with Crippen LogP contribution in [0.3, 0.4) is 0 Å². The zero-order valence-corrected chi connectivity index (χ0v) is 17.2. The maximum absolute atomic E-state index is 11.4. The Morgan fingerprint density at radius 3 is 1.85 bits per heavy atom. The molecule has 1 unspecified atom stereocenters. The summed E-state index contributed by atoms with van der Waals surface area (Å²) in [6, 6.07) is 20.8. The summed E-state index contributed by atoms with van der Waals surface area (Å²) in [6.45, 7) is 5.75. The summed E-state index contributed by atoms with van der Waals surface area (Å²) < 4.78 is 6.77. The summed E-state index contributed by atoms with van der Waals surface area (Å²) >= 11 is 3.55. The van der Waals surface area contributed by atoms with Gasteiger partial charge in [-0.15, -0.1) is 0 Å². The van der Waals surface area contributed by atoms with Gasteiger partial charge < -0.3 is 4.74 Å². The van der Waals surface area contributed by atoms with Gasteiger partial charge in [-0.2, -0.15) is 0 Å². The van der Waals surface area contributed by atoms with Crippen LogP contribution in [0.4, 0.5) is 0 Å². The molecule has 0 bridgehead atoms. The van der Waals surface area contributed by atoms with Crippen LogP contribution in [0.5, 0.6) is 0 Å². The molecule has 0 saturated heterocycles. The highest BCUT2D eigenvalue weighted by Crippen LogP contribution is 2.42. The number of thioether (sulfide) groups is 2. The standard InChI is InChI=1S/C22H26O2S2/c1-4-11-19(24-18(3)23)16-17(2)22(25-20-12-7-5-8-13-20)26-21-14-9-6-10-15-21/h5-10,12-15,19H,4,11,16H2,1-3H3. The van der Waals surface area contributed by atoms with Gasteiger partial charge in [-0.05, 0) is 43.2 Å². The van der Waals surface area contributed by atoms with Crippen molar-refractivity contribution in [2.45, 2.75) is 55.9 Å². The van der Waals surface area contributed by atoms with Gasteiger partial charge in [-0.1, -0.05) is 73.3 Å². The molecule has 0 spiro atoms. The first-order valence-electron chi connectivity index (χ1n) is 8.91. The van der Waals surface area contributed by atoms with Crippen molar-refractivity contribution in [3.8, 4) is 0 Å². The largest absolute Gasteiger partial charge is 0.462 e. The van der Waals surface area contributed by atoms with E-state index in [1.807, 2.05) is 12.1 Å². The van der Waals surface area contributed by atoms with Crippen molar-refractivity contribution in [2.24, 2.45) is 0 Å². The van der Waals surface area contributed by atoms with Crippen molar-refractivity contribution in [1.82, 2.24) is 0 Å². The fourth-order valence-electron chi connectivity index (χ4n) is 2.57. The first kappa shape index (κ1) is 20.7. The SMILES string of the molecule is CCCC(CC(C)=C(Sc1ccccc1)Sc1ccccc1)OC(C)=O. The first-order chi connectivity index (χ1) is 12.6. The van der Waals surface area contributed by atoms with Crippen molar-refractivity contribution in [3.63, 3.8) is 0 Å². The van der Waals surface area contributed by atoms with Crippen molar-refractivity contribution < 1.29 is 9.53 Å². The average Bonchev–Trinajstić information content (AvgIpc) is 2.62. The topological polar surface area (TPSA) is 26.3 Å². The number of carbonyl (C=O) groups is 1. The molecule has 4 heteroatoms. The Morgan fingerprint density at radius 2 is 1.42 bits per heavy atom. The average molecular weight is 387 g/mol. The van der Waals surface area contributed by atoms with Crippen LogP contribution in [0.25, 0.3) is 0 Å².